The van der Waals surface area contributed by atoms with Crippen LogP contribution in [-0.4, -0.2) is 19.7 Å². The van der Waals surface area contributed by atoms with E-state index >= 15 is 0 Å². The van der Waals surface area contributed by atoms with Gasteiger partial charge in [-0.3, -0.25) is 4.68 Å². The molecule has 0 saturated heterocycles. The number of hydrogen-bond donors (Lipinski definition) is 2. The van der Waals surface area contributed by atoms with Gasteiger partial charge in [-0.2, -0.15) is 10.1 Å². The van der Waals surface area contributed by atoms with E-state index in [0.29, 0.717) is 40.6 Å². The van der Waals surface area contributed by atoms with Gasteiger partial charge in [0.2, 0.25) is 5.95 Å². The second-order valence-electron chi connectivity index (χ2n) is 5.92. The first-order valence-corrected chi connectivity index (χ1v) is 8.16. The van der Waals surface area contributed by atoms with Crippen molar-refractivity contribution in [1.82, 2.24) is 19.7 Å². The summed E-state index contributed by atoms with van der Waals surface area (Å²) >= 11 is 0. The zero-order valence-corrected chi connectivity index (χ0v) is 14.1. The zero-order valence-electron chi connectivity index (χ0n) is 14.1. The Kier molecular flexibility index (Phi) is 3.96. The summed E-state index contributed by atoms with van der Waals surface area (Å²) in [5.41, 5.74) is 8.42. The van der Waals surface area contributed by atoms with Crippen LogP contribution in [0.2, 0.25) is 0 Å². The third kappa shape index (κ3) is 2.83. The summed E-state index contributed by atoms with van der Waals surface area (Å²) in [4.78, 5) is 8.96. The fourth-order valence-electron chi connectivity index (χ4n) is 2.82. The van der Waals surface area contributed by atoms with Crippen molar-refractivity contribution in [2.75, 3.05) is 11.1 Å². The highest BCUT2D eigenvalue weighted by atomic mass is 19.1. The molecule has 0 bridgehead atoms. The molecule has 2 aromatic heterocycles. The number of nitrogens with zero attached hydrogens (tertiary/aromatic N) is 4. The van der Waals surface area contributed by atoms with Crippen molar-refractivity contribution >= 4 is 22.8 Å². The van der Waals surface area contributed by atoms with Crippen molar-refractivity contribution in [2.24, 2.45) is 7.05 Å². The summed E-state index contributed by atoms with van der Waals surface area (Å²) in [6, 6.07) is 16.4. The Hall–Kier alpha value is -3.48. The van der Waals surface area contributed by atoms with Gasteiger partial charge < -0.3 is 11.1 Å². The van der Waals surface area contributed by atoms with E-state index in [4.69, 9.17) is 5.73 Å². The van der Waals surface area contributed by atoms with E-state index in [2.05, 4.69) is 20.4 Å². The van der Waals surface area contributed by atoms with Crippen LogP contribution in [0, 0.1) is 5.82 Å². The van der Waals surface area contributed by atoms with Gasteiger partial charge in [-0.25, -0.2) is 9.37 Å². The summed E-state index contributed by atoms with van der Waals surface area (Å²) in [6.07, 6.45) is 0. The Bertz CT molecular complexity index is 1070. The van der Waals surface area contributed by atoms with Crippen molar-refractivity contribution in [3.05, 3.63) is 66.0 Å². The van der Waals surface area contributed by atoms with Crippen LogP contribution >= 0.6 is 0 Å². The van der Waals surface area contributed by atoms with Crippen molar-refractivity contribution < 1.29 is 4.39 Å². The predicted molar refractivity (Wildman–Crippen MR) is 99.9 cm³/mol. The number of rotatable bonds is 4. The molecule has 3 N–H and O–H groups in total. The normalized spacial score (nSPS) is 11.0. The lowest BCUT2D eigenvalue weighted by molar-refractivity contribution is 0.631. The van der Waals surface area contributed by atoms with Crippen molar-refractivity contribution in [1.29, 1.82) is 0 Å². The van der Waals surface area contributed by atoms with Crippen molar-refractivity contribution in [3.8, 4) is 11.3 Å². The molecule has 0 amide bonds. The maximum absolute atomic E-state index is 14.4. The lowest BCUT2D eigenvalue weighted by atomic mass is 10.1. The summed E-state index contributed by atoms with van der Waals surface area (Å²) in [7, 11) is 1.72. The molecule has 6 nitrogen and oxygen atoms in total. The molecule has 2 aromatic carbocycles. The number of fused-ring (bicyclic) bond motifs is 1. The average molecular weight is 348 g/mol. The van der Waals surface area contributed by atoms with Gasteiger partial charge in [0.05, 0.1) is 11.1 Å². The number of nitrogen functional groups attached to an aromatic ring is 1. The van der Waals surface area contributed by atoms with E-state index in [1.807, 2.05) is 30.3 Å². The molecule has 0 atom stereocenters. The molecule has 0 aliphatic rings. The Labute approximate surface area is 149 Å². The number of halogens is 1. The molecule has 0 spiro atoms. The molecule has 7 heteroatoms. The van der Waals surface area contributed by atoms with E-state index in [1.54, 1.807) is 25.2 Å². The van der Waals surface area contributed by atoms with Crippen LogP contribution in [0.4, 0.5) is 16.2 Å². The lowest BCUT2D eigenvalue weighted by Crippen LogP contribution is -2.05. The van der Waals surface area contributed by atoms with E-state index in [1.165, 1.54) is 10.7 Å². The largest absolute Gasteiger partial charge is 0.383 e. The van der Waals surface area contributed by atoms with Crippen molar-refractivity contribution in [2.45, 2.75) is 6.54 Å². The fourth-order valence-corrected chi connectivity index (χ4v) is 2.82. The number of nitrogens with two attached hydrogens (primary N) is 1. The molecular weight excluding hydrogens is 331 g/mol. The minimum absolute atomic E-state index is 0.363. The molecule has 0 unspecified atom stereocenters. The first kappa shape index (κ1) is 16.0. The van der Waals surface area contributed by atoms with Crippen LogP contribution < -0.4 is 11.1 Å². The zero-order chi connectivity index (χ0) is 18.1. The van der Waals surface area contributed by atoms with Gasteiger partial charge in [-0.1, -0.05) is 42.5 Å². The molecule has 0 radical (unpaired) electrons. The third-order valence-corrected chi connectivity index (χ3v) is 4.16. The Morgan fingerprint density at radius 3 is 2.54 bits per heavy atom. The summed E-state index contributed by atoms with van der Waals surface area (Å²) < 4.78 is 15.9. The minimum Gasteiger partial charge on any atom is -0.383 e. The first-order valence-electron chi connectivity index (χ1n) is 8.16. The molecule has 0 saturated carbocycles. The van der Waals surface area contributed by atoms with Gasteiger partial charge in [-0.15, -0.1) is 0 Å². The monoisotopic (exact) mass is 348 g/mol. The quantitative estimate of drug-likeness (QED) is 0.591. The molecule has 4 rings (SSSR count). The number of nitrogens with one attached hydrogen (secondary N) is 1. The fraction of sp³-hybridized carbons (Fsp3) is 0.105. The molecule has 26 heavy (non-hydrogen) atoms. The summed E-state index contributed by atoms with van der Waals surface area (Å²) in [5, 5.41) is 8.04. The maximum atomic E-state index is 14.4. The average Bonchev–Trinajstić information content (AvgIpc) is 2.95. The Morgan fingerprint density at radius 2 is 1.77 bits per heavy atom. The van der Waals surface area contributed by atoms with Crippen LogP contribution in [0.3, 0.4) is 0 Å². The summed E-state index contributed by atoms with van der Waals surface area (Å²) in [5.74, 6) is 0.398. The highest BCUT2D eigenvalue weighted by Crippen LogP contribution is 2.32. The van der Waals surface area contributed by atoms with Crippen LogP contribution in [0.15, 0.2) is 54.6 Å². The first-order chi connectivity index (χ1) is 12.6. The number of aromatic nitrogens is 4. The Balaban J connectivity index is 1.82. The number of aryl methyl sites for hydroxylation is 1. The smallest absolute Gasteiger partial charge is 0.225 e. The SMILES string of the molecule is Cn1nc2nc(NCc3ccccc3)nc(-c3ccccc3F)c2c1N. The van der Waals surface area contributed by atoms with Gasteiger partial charge in [0.15, 0.2) is 5.65 Å². The second kappa shape index (κ2) is 6.44. The highest BCUT2D eigenvalue weighted by molar-refractivity contribution is 5.98. The number of anilines is 2. The molecule has 0 fully saturated rings. The molecule has 2 heterocycles. The maximum Gasteiger partial charge on any atom is 0.225 e. The van der Waals surface area contributed by atoms with E-state index < -0.39 is 0 Å². The predicted octanol–water partition coefficient (Wildman–Crippen LogP) is 3.36. The Morgan fingerprint density at radius 1 is 1.04 bits per heavy atom. The van der Waals surface area contributed by atoms with Crippen LogP contribution in [-0.2, 0) is 13.6 Å². The van der Waals surface area contributed by atoms with Gasteiger partial charge in [-0.05, 0) is 17.7 Å². The van der Waals surface area contributed by atoms with E-state index in [-0.39, 0.29) is 5.82 Å². The van der Waals surface area contributed by atoms with Crippen LogP contribution in [0.1, 0.15) is 5.56 Å². The topological polar surface area (TPSA) is 81.7 Å². The van der Waals surface area contributed by atoms with Gasteiger partial charge in [0.25, 0.3) is 0 Å². The molecule has 0 aliphatic carbocycles. The minimum atomic E-state index is -0.371. The number of hydrogen-bond acceptors (Lipinski definition) is 5. The molecule has 4 aromatic rings. The van der Waals surface area contributed by atoms with E-state index in [0.717, 1.165) is 5.56 Å². The lowest BCUT2D eigenvalue weighted by Gasteiger charge is -2.09. The standard InChI is InChI=1S/C19H17FN6/c1-26-17(21)15-16(13-9-5-6-10-14(13)20)23-19(24-18(15)25-26)22-11-12-7-3-2-4-8-12/h2-10H,11,21H2,1H3,(H,22,24,25). The van der Waals surface area contributed by atoms with Gasteiger partial charge in [0.1, 0.15) is 11.6 Å². The highest BCUT2D eigenvalue weighted by Gasteiger charge is 2.19. The van der Waals surface area contributed by atoms with Crippen LogP contribution in [0.25, 0.3) is 22.3 Å². The van der Waals surface area contributed by atoms with Crippen molar-refractivity contribution in [3.63, 3.8) is 0 Å². The molecular formula is C19H17FN6. The van der Waals surface area contributed by atoms with Crippen LogP contribution in [0.5, 0.6) is 0 Å². The second-order valence-corrected chi connectivity index (χ2v) is 5.92. The molecule has 0 aliphatic heterocycles. The number of benzene rings is 2. The molecule has 130 valence electrons. The van der Waals surface area contributed by atoms with Gasteiger partial charge >= 0.3 is 0 Å². The third-order valence-electron chi connectivity index (χ3n) is 4.16. The van der Waals surface area contributed by atoms with E-state index in [9.17, 15) is 4.39 Å². The summed E-state index contributed by atoms with van der Waals surface area (Å²) in [6.45, 7) is 0.547. The van der Waals surface area contributed by atoms with Gasteiger partial charge in [0, 0.05) is 19.2 Å².